The lowest BCUT2D eigenvalue weighted by atomic mass is 9.75. The molecule has 12 aromatic rings. The molecule has 4 heterocycles. The summed E-state index contributed by atoms with van der Waals surface area (Å²) in [5.74, 6) is -3.53. The van der Waals surface area contributed by atoms with Gasteiger partial charge >= 0.3 is 6.18 Å². The molecule has 8 amide bonds. The monoisotopic (exact) mass is 1320 g/mol. The number of anilines is 4. The predicted octanol–water partition coefficient (Wildman–Crippen LogP) is 18.0. The smallest absolute Gasteiger partial charge is 0.402 e. The van der Waals surface area contributed by atoms with Crippen LogP contribution < -0.4 is 29.1 Å². The normalized spacial score (nSPS) is 14.1. The maximum Gasteiger partial charge on any atom is 0.402 e. The largest absolute Gasteiger partial charge is 0.457 e. The summed E-state index contributed by atoms with van der Waals surface area (Å²) in [6.07, 6.45) is -4.78. The minimum absolute atomic E-state index is 0.0865. The molecule has 0 spiro atoms. The van der Waals surface area contributed by atoms with Crippen molar-refractivity contribution in [1.29, 1.82) is 0 Å². The molecule has 100 heavy (non-hydrogen) atoms. The molecular formula is C83H49F3N4O10. The van der Waals surface area contributed by atoms with Gasteiger partial charge in [-0.15, -0.1) is 0 Å². The number of hydrogen-bond donors (Lipinski definition) is 0. The molecule has 0 saturated carbocycles. The van der Waals surface area contributed by atoms with Crippen LogP contribution in [0.15, 0.2) is 279 Å². The Bertz CT molecular complexity index is 5160. The van der Waals surface area contributed by atoms with Crippen LogP contribution in [0.25, 0.3) is 44.5 Å². The van der Waals surface area contributed by atoms with Crippen molar-refractivity contribution in [3.8, 4) is 67.5 Å². The van der Waals surface area contributed by atoms with Crippen molar-refractivity contribution in [2.45, 2.75) is 18.5 Å². The molecule has 0 bridgehead atoms. The highest BCUT2D eigenvalue weighted by molar-refractivity contribution is 6.39. The quantitative estimate of drug-likeness (QED) is 0.0956. The van der Waals surface area contributed by atoms with Gasteiger partial charge in [-0.3, -0.25) is 38.4 Å². The summed E-state index contributed by atoms with van der Waals surface area (Å²) in [4.78, 5) is 117. The fourth-order valence-electron chi connectivity index (χ4n) is 13.6. The highest BCUT2D eigenvalue weighted by atomic mass is 19.4. The maximum atomic E-state index is 15.4. The van der Waals surface area contributed by atoms with E-state index < -0.39 is 58.8 Å². The lowest BCUT2D eigenvalue weighted by molar-refractivity contribution is -0.173. The molecule has 4 aliphatic heterocycles. The van der Waals surface area contributed by atoms with Gasteiger partial charge in [-0.05, 0) is 173 Å². The molecule has 0 unspecified atom stereocenters. The number of amides is 8. The summed E-state index contributed by atoms with van der Waals surface area (Å²) >= 11 is 0. The Morgan fingerprint density at radius 2 is 0.570 bits per heavy atom. The van der Waals surface area contributed by atoms with E-state index in [1.54, 1.807) is 84.9 Å². The first-order chi connectivity index (χ1) is 48.4. The molecule has 0 atom stereocenters. The summed E-state index contributed by atoms with van der Waals surface area (Å²) < 4.78 is 58.2. The van der Waals surface area contributed by atoms with Gasteiger partial charge in [0.05, 0.1) is 67.3 Å². The van der Waals surface area contributed by atoms with E-state index in [9.17, 15) is 38.4 Å². The summed E-state index contributed by atoms with van der Waals surface area (Å²) in [6.45, 7) is 1.07. The molecule has 0 radical (unpaired) electrons. The van der Waals surface area contributed by atoms with Gasteiger partial charge in [0.15, 0.2) is 0 Å². The third-order valence-electron chi connectivity index (χ3n) is 18.8. The first-order valence-corrected chi connectivity index (χ1v) is 31.7. The summed E-state index contributed by atoms with van der Waals surface area (Å²) in [5.41, 5.74) is 4.55. The van der Waals surface area contributed by atoms with E-state index in [4.69, 9.17) is 9.47 Å². The van der Waals surface area contributed by atoms with Gasteiger partial charge in [0.1, 0.15) is 28.4 Å². The van der Waals surface area contributed by atoms with Crippen molar-refractivity contribution >= 4 is 70.0 Å². The second-order valence-corrected chi connectivity index (χ2v) is 24.4. The average molecular weight is 1320 g/mol. The third-order valence-corrected chi connectivity index (χ3v) is 18.8. The summed E-state index contributed by atoms with van der Waals surface area (Å²) in [6, 6.07) is 75.4. The van der Waals surface area contributed by atoms with Crippen LogP contribution in [0.2, 0.25) is 0 Å². The molecule has 4 aliphatic rings. The molecule has 0 fully saturated rings. The first kappa shape index (κ1) is 61.5. The van der Waals surface area contributed by atoms with Crippen molar-refractivity contribution in [3.63, 3.8) is 0 Å². The standard InChI is InChI=1S/C83H49F3N4O10/c1-82(83(84,85)86,52-28-36-56(37-29-52)99-58-40-32-54(33-41-58)87-74(91)64-44-26-50(46-68(64)78(87)95)62-20-12-22-66-72(62)80(97)89(76(66)93)70-24-10-8-18-60(70)48-14-4-2-5-15-48)53-30-38-57(39-31-53)100-59-42-34-55(35-43-59)88-75(92)65-45-27-51(47-69(65)79(88)96)63-21-13-23-67-73(63)81(98)90(77(67)94)71-25-11-9-19-61(71)49-16-6-3-7-17-49/h2-47H,1H3. The first-order valence-electron chi connectivity index (χ1n) is 31.7. The summed E-state index contributed by atoms with van der Waals surface area (Å²) in [7, 11) is 0. The van der Waals surface area contributed by atoms with Gasteiger partial charge in [0.2, 0.25) is 0 Å². The zero-order valence-electron chi connectivity index (χ0n) is 52.6. The van der Waals surface area contributed by atoms with Crippen molar-refractivity contribution in [2.24, 2.45) is 0 Å². The van der Waals surface area contributed by atoms with Gasteiger partial charge < -0.3 is 9.47 Å². The van der Waals surface area contributed by atoms with E-state index in [1.165, 1.54) is 109 Å². The molecule has 482 valence electrons. The number of nitrogens with zero attached hydrogens (tertiary/aromatic N) is 4. The van der Waals surface area contributed by atoms with E-state index in [1.807, 2.05) is 84.9 Å². The number of imide groups is 4. The number of ether oxygens (including phenoxy) is 2. The maximum absolute atomic E-state index is 15.4. The van der Waals surface area contributed by atoms with Gasteiger partial charge in [-0.25, -0.2) is 19.6 Å². The molecule has 16 rings (SSSR count). The van der Waals surface area contributed by atoms with Gasteiger partial charge in [-0.1, -0.05) is 158 Å². The fraction of sp³-hybridized carbons (Fsp3) is 0.0361. The Kier molecular flexibility index (Phi) is 14.6. The predicted molar refractivity (Wildman–Crippen MR) is 370 cm³/mol. The van der Waals surface area contributed by atoms with Crippen molar-refractivity contribution < 1.29 is 61.0 Å². The lowest BCUT2D eigenvalue weighted by Crippen LogP contribution is -2.40. The van der Waals surface area contributed by atoms with Crippen molar-refractivity contribution in [1.82, 2.24) is 0 Å². The zero-order chi connectivity index (χ0) is 68.9. The van der Waals surface area contributed by atoms with Crippen LogP contribution in [0.3, 0.4) is 0 Å². The van der Waals surface area contributed by atoms with Crippen LogP contribution in [-0.4, -0.2) is 53.4 Å². The lowest BCUT2D eigenvalue weighted by Gasteiger charge is -2.33. The van der Waals surface area contributed by atoms with Gasteiger partial charge in [0.25, 0.3) is 47.3 Å². The number of alkyl halides is 3. The van der Waals surface area contributed by atoms with Crippen LogP contribution in [-0.2, 0) is 5.41 Å². The number of hydrogen-bond acceptors (Lipinski definition) is 10. The zero-order valence-corrected chi connectivity index (χ0v) is 52.6. The molecule has 0 N–H and O–H groups in total. The fourth-order valence-corrected chi connectivity index (χ4v) is 13.6. The highest BCUT2D eigenvalue weighted by Crippen LogP contribution is 2.49. The SMILES string of the molecule is CC(c1ccc(Oc2ccc(N3C(=O)c4ccc(-c5cccc6c5C(=O)N(c5ccccc5-c5ccccc5)C6=O)cc4C3=O)cc2)cc1)(c1ccc(Oc2ccc(N3C(=O)c4ccc(-c5cccc6c5C(=O)N(c5ccccc5-c5ccccc5)C6=O)cc4C3=O)cc2)cc1)C(F)(F)F. The Balaban J connectivity index is 0.569. The Morgan fingerprint density at radius 3 is 0.940 bits per heavy atom. The second-order valence-electron chi connectivity index (χ2n) is 24.4. The Morgan fingerprint density at radius 1 is 0.260 bits per heavy atom. The van der Waals surface area contributed by atoms with E-state index in [0.717, 1.165) is 37.7 Å². The average Bonchev–Trinajstić information content (AvgIpc) is 1.64. The van der Waals surface area contributed by atoms with Crippen LogP contribution in [0.1, 0.15) is 101 Å². The van der Waals surface area contributed by atoms with E-state index in [-0.39, 0.29) is 90.0 Å². The molecule has 17 heteroatoms. The number of carbonyl (C=O) groups excluding carboxylic acids is 8. The van der Waals surface area contributed by atoms with Gasteiger partial charge in [0, 0.05) is 11.1 Å². The molecule has 0 aromatic heterocycles. The van der Waals surface area contributed by atoms with E-state index in [0.29, 0.717) is 44.8 Å². The summed E-state index contributed by atoms with van der Waals surface area (Å²) in [5, 5.41) is 0. The molecule has 0 saturated heterocycles. The second kappa shape index (κ2) is 23.7. The van der Waals surface area contributed by atoms with E-state index >= 15 is 13.2 Å². The molecule has 12 aromatic carbocycles. The molecule has 14 nitrogen and oxygen atoms in total. The number of carbonyl (C=O) groups is 8. The van der Waals surface area contributed by atoms with Crippen LogP contribution in [0.4, 0.5) is 35.9 Å². The third kappa shape index (κ3) is 9.96. The minimum Gasteiger partial charge on any atom is -0.457 e. The topological polar surface area (TPSA) is 168 Å². The number of benzene rings is 12. The Hall–Kier alpha value is -13.4. The number of halogens is 3. The van der Waals surface area contributed by atoms with Crippen molar-refractivity contribution in [2.75, 3.05) is 19.6 Å². The number of fused-ring (bicyclic) bond motifs is 4. The Labute approximate surface area is 568 Å². The molecular weight excluding hydrogens is 1270 g/mol. The number of rotatable bonds is 14. The van der Waals surface area contributed by atoms with Crippen LogP contribution in [0.5, 0.6) is 23.0 Å². The van der Waals surface area contributed by atoms with Gasteiger partial charge in [-0.2, -0.15) is 13.2 Å². The van der Waals surface area contributed by atoms with Crippen LogP contribution in [0, 0.1) is 0 Å². The van der Waals surface area contributed by atoms with Crippen molar-refractivity contribution in [3.05, 3.63) is 335 Å². The van der Waals surface area contributed by atoms with E-state index in [2.05, 4.69) is 0 Å². The highest BCUT2D eigenvalue weighted by Gasteiger charge is 2.54. The number of para-hydroxylation sites is 2. The van der Waals surface area contributed by atoms with Crippen LogP contribution >= 0.6 is 0 Å². The minimum atomic E-state index is -4.78. The molecule has 0 aliphatic carbocycles.